The molecule has 1 fully saturated rings. The Morgan fingerprint density at radius 1 is 1.11 bits per heavy atom. The predicted molar refractivity (Wildman–Crippen MR) is 107 cm³/mol. The number of aromatic nitrogens is 2. The zero-order chi connectivity index (χ0) is 20.5. The van der Waals surface area contributed by atoms with Crippen molar-refractivity contribution >= 4 is 22.4 Å². The standard InChI is InChI=1S/C19H28N5O4/c1-5-18(6-2)11-13(12-19(7-3,8-4)24(18)27)20-14-9-10-15(23(25)26)17-16(14)21-28-22-17/h9-10,13,20H,5-8,11-12H2,1-4H3/q-1. The lowest BCUT2D eigenvalue weighted by molar-refractivity contribution is -0.383. The first-order valence-corrected chi connectivity index (χ1v) is 10.00. The lowest BCUT2D eigenvalue weighted by atomic mass is 9.71. The van der Waals surface area contributed by atoms with Crippen molar-refractivity contribution in [2.75, 3.05) is 5.32 Å². The Morgan fingerprint density at radius 2 is 1.64 bits per heavy atom. The number of hydroxylamine groups is 2. The molecule has 154 valence electrons. The maximum atomic E-state index is 13.4. The number of non-ortho nitro benzene ring substituents is 1. The summed E-state index contributed by atoms with van der Waals surface area (Å²) in [6.07, 6.45) is 4.49. The van der Waals surface area contributed by atoms with E-state index in [9.17, 15) is 15.3 Å². The molecule has 9 nitrogen and oxygen atoms in total. The summed E-state index contributed by atoms with van der Waals surface area (Å²) >= 11 is 0. The second-order valence-electron chi connectivity index (χ2n) is 7.76. The van der Waals surface area contributed by atoms with Crippen LogP contribution in [0, 0.1) is 15.3 Å². The molecule has 1 aromatic heterocycles. The van der Waals surface area contributed by atoms with Crippen LogP contribution >= 0.6 is 0 Å². The van der Waals surface area contributed by atoms with Crippen LogP contribution in [0.15, 0.2) is 16.8 Å². The second-order valence-corrected chi connectivity index (χ2v) is 7.76. The highest BCUT2D eigenvalue weighted by Gasteiger charge is 2.46. The summed E-state index contributed by atoms with van der Waals surface area (Å²) in [5.74, 6) is 0. The average Bonchev–Trinajstić information content (AvgIpc) is 3.19. The van der Waals surface area contributed by atoms with Gasteiger partial charge in [0.15, 0.2) is 5.52 Å². The van der Waals surface area contributed by atoms with Gasteiger partial charge in [-0.05, 0) is 54.9 Å². The molecule has 28 heavy (non-hydrogen) atoms. The molecule has 0 atom stereocenters. The van der Waals surface area contributed by atoms with Crippen molar-refractivity contribution in [1.29, 1.82) is 0 Å². The molecule has 0 saturated carbocycles. The molecule has 3 rings (SSSR count). The Balaban J connectivity index is 1.98. The van der Waals surface area contributed by atoms with Crippen molar-refractivity contribution in [1.82, 2.24) is 15.4 Å². The Bertz CT molecular complexity index is 822. The van der Waals surface area contributed by atoms with Gasteiger partial charge in [0.05, 0.1) is 10.6 Å². The van der Waals surface area contributed by atoms with Crippen LogP contribution < -0.4 is 5.32 Å². The fourth-order valence-corrected chi connectivity index (χ4v) is 4.75. The normalized spacial score (nSPS) is 19.8. The quantitative estimate of drug-likeness (QED) is 0.537. The van der Waals surface area contributed by atoms with Gasteiger partial charge in [-0.25, -0.2) is 4.63 Å². The van der Waals surface area contributed by atoms with Gasteiger partial charge in [0.2, 0.25) is 5.52 Å². The SMILES string of the molecule is CCC1(CC)CC(Nc2ccc([N+](=O)[O-])c3nonc23)CC(CC)(CC)N1[O-]. The summed E-state index contributed by atoms with van der Waals surface area (Å²) < 4.78 is 4.77. The van der Waals surface area contributed by atoms with E-state index in [1.54, 1.807) is 6.07 Å². The molecule has 2 heterocycles. The highest BCUT2D eigenvalue weighted by Crippen LogP contribution is 2.46. The second kappa shape index (κ2) is 7.63. The highest BCUT2D eigenvalue weighted by atomic mass is 16.6. The molecule has 2 aromatic rings. The van der Waals surface area contributed by atoms with Gasteiger partial charge < -0.3 is 15.6 Å². The van der Waals surface area contributed by atoms with E-state index in [4.69, 9.17) is 4.63 Å². The largest absolute Gasteiger partial charge is 0.784 e. The first-order valence-electron chi connectivity index (χ1n) is 10.00. The topological polar surface area (TPSA) is 120 Å². The number of piperidine rings is 1. The van der Waals surface area contributed by atoms with Gasteiger partial charge in [-0.1, -0.05) is 27.7 Å². The number of nitrogens with zero attached hydrogens (tertiary/aromatic N) is 4. The number of nitrogens with one attached hydrogen (secondary N) is 1. The molecule has 1 aromatic carbocycles. The number of anilines is 1. The van der Waals surface area contributed by atoms with Crippen LogP contribution in [0.5, 0.6) is 0 Å². The Labute approximate surface area is 164 Å². The number of benzene rings is 1. The van der Waals surface area contributed by atoms with Crippen molar-refractivity contribution in [3.05, 3.63) is 27.5 Å². The summed E-state index contributed by atoms with van der Waals surface area (Å²) in [6, 6.07) is 3.11. The monoisotopic (exact) mass is 390 g/mol. The molecule has 0 aliphatic carbocycles. The minimum Gasteiger partial charge on any atom is -0.784 e. The number of hydrogen-bond donors (Lipinski definition) is 1. The number of fused-ring (bicyclic) bond motifs is 1. The number of hydrogen-bond acceptors (Lipinski definition) is 8. The van der Waals surface area contributed by atoms with Crippen LogP contribution in [0.2, 0.25) is 0 Å². The van der Waals surface area contributed by atoms with Gasteiger partial charge in [-0.3, -0.25) is 10.1 Å². The Hall–Kier alpha value is -2.26. The lowest BCUT2D eigenvalue weighted by Gasteiger charge is -2.64. The lowest BCUT2D eigenvalue weighted by Crippen LogP contribution is -2.64. The molecule has 1 aliphatic rings. The van der Waals surface area contributed by atoms with Crippen molar-refractivity contribution in [2.24, 2.45) is 0 Å². The summed E-state index contributed by atoms with van der Waals surface area (Å²) in [7, 11) is 0. The van der Waals surface area contributed by atoms with Gasteiger partial charge in [0.25, 0.3) is 0 Å². The first kappa shape index (κ1) is 20.5. The van der Waals surface area contributed by atoms with Gasteiger partial charge in [0.1, 0.15) is 0 Å². The van der Waals surface area contributed by atoms with Gasteiger partial charge in [-0.2, -0.15) is 0 Å². The van der Waals surface area contributed by atoms with Crippen LogP contribution in [0.3, 0.4) is 0 Å². The molecule has 0 unspecified atom stereocenters. The Kier molecular flexibility index (Phi) is 5.58. The number of rotatable bonds is 7. The van der Waals surface area contributed by atoms with E-state index in [2.05, 4.69) is 43.3 Å². The van der Waals surface area contributed by atoms with Crippen LogP contribution in [0.4, 0.5) is 11.4 Å². The van der Waals surface area contributed by atoms with E-state index in [0.29, 0.717) is 24.0 Å². The van der Waals surface area contributed by atoms with Crippen LogP contribution in [-0.4, -0.2) is 37.4 Å². The molecule has 0 bridgehead atoms. The van der Waals surface area contributed by atoms with Gasteiger partial charge in [-0.15, -0.1) is 0 Å². The smallest absolute Gasteiger partial charge is 0.300 e. The molecule has 9 heteroatoms. The van der Waals surface area contributed by atoms with Crippen molar-refractivity contribution in [2.45, 2.75) is 83.3 Å². The minimum absolute atomic E-state index is 0.0476. The number of nitro benzene ring substituents is 1. The van der Waals surface area contributed by atoms with Crippen molar-refractivity contribution in [3.63, 3.8) is 0 Å². The van der Waals surface area contributed by atoms with Crippen LogP contribution in [0.1, 0.15) is 66.2 Å². The van der Waals surface area contributed by atoms with Gasteiger partial charge >= 0.3 is 5.69 Å². The molecule has 1 saturated heterocycles. The van der Waals surface area contributed by atoms with Crippen LogP contribution in [0.25, 0.3) is 11.0 Å². The summed E-state index contributed by atoms with van der Waals surface area (Å²) in [6.45, 7) is 8.27. The van der Waals surface area contributed by atoms with E-state index >= 15 is 0 Å². The Morgan fingerprint density at radius 3 is 2.14 bits per heavy atom. The fourth-order valence-electron chi connectivity index (χ4n) is 4.75. The van der Waals surface area contributed by atoms with Crippen molar-refractivity contribution < 1.29 is 9.55 Å². The predicted octanol–water partition coefficient (Wildman–Crippen LogP) is 4.62. The number of nitro groups is 1. The van der Waals surface area contributed by atoms with E-state index in [1.165, 1.54) is 11.1 Å². The highest BCUT2D eigenvalue weighted by molar-refractivity contribution is 5.93. The third kappa shape index (κ3) is 3.12. The van der Waals surface area contributed by atoms with Gasteiger partial charge in [0, 0.05) is 23.2 Å². The average molecular weight is 390 g/mol. The molecule has 0 radical (unpaired) electrons. The minimum atomic E-state index is -0.495. The summed E-state index contributed by atoms with van der Waals surface area (Å²) in [5.41, 5.74) is 0.132. The molecular weight excluding hydrogens is 362 g/mol. The zero-order valence-corrected chi connectivity index (χ0v) is 16.9. The maximum Gasteiger partial charge on any atom is 0.300 e. The molecule has 0 spiro atoms. The zero-order valence-electron chi connectivity index (χ0n) is 16.9. The fraction of sp³-hybridized carbons (Fsp3) is 0.684. The first-order chi connectivity index (χ1) is 13.4. The molecule has 0 amide bonds. The molecule has 1 aliphatic heterocycles. The third-order valence-corrected chi connectivity index (χ3v) is 6.70. The van der Waals surface area contributed by atoms with E-state index in [1.807, 2.05) is 0 Å². The third-order valence-electron chi connectivity index (χ3n) is 6.70. The van der Waals surface area contributed by atoms with Crippen LogP contribution in [-0.2, 0) is 0 Å². The van der Waals surface area contributed by atoms with E-state index in [0.717, 1.165) is 25.7 Å². The summed E-state index contributed by atoms with van der Waals surface area (Å²) in [4.78, 5) is 10.7. The van der Waals surface area contributed by atoms with E-state index < -0.39 is 16.0 Å². The maximum absolute atomic E-state index is 13.4. The van der Waals surface area contributed by atoms with E-state index in [-0.39, 0.29) is 17.2 Å². The molecular formula is C19H28N5O4-. The van der Waals surface area contributed by atoms with Crippen molar-refractivity contribution in [3.8, 4) is 0 Å². The molecule has 1 N–H and O–H groups in total. The summed E-state index contributed by atoms with van der Waals surface area (Å²) in [5, 5.41) is 37.0.